The maximum Gasteiger partial charge on any atom is 0.137 e. The lowest BCUT2D eigenvalue weighted by Gasteiger charge is -2.33. The lowest BCUT2D eigenvalue weighted by molar-refractivity contribution is 0.0529. The number of rotatable bonds is 6. The molecule has 1 aromatic heterocycles. The van der Waals surface area contributed by atoms with Crippen LogP contribution in [0.2, 0.25) is 0 Å². The third-order valence-corrected chi connectivity index (χ3v) is 3.51. The van der Waals surface area contributed by atoms with Crippen molar-refractivity contribution in [3.63, 3.8) is 0 Å². The van der Waals surface area contributed by atoms with Crippen molar-refractivity contribution in [3.05, 3.63) is 11.9 Å². The van der Waals surface area contributed by atoms with Gasteiger partial charge in [-0.2, -0.15) is 0 Å². The van der Waals surface area contributed by atoms with Gasteiger partial charge in [0.25, 0.3) is 0 Å². The monoisotopic (exact) mass is 278 g/mol. The van der Waals surface area contributed by atoms with Crippen LogP contribution in [0.15, 0.2) is 6.33 Å². The maximum atomic E-state index is 5.62. The number of ether oxygens (including phenoxy) is 1. The highest BCUT2D eigenvalue weighted by Crippen LogP contribution is 2.26. The summed E-state index contributed by atoms with van der Waals surface area (Å²) in [5.74, 6) is 2.08. The topological polar surface area (TPSA) is 50.3 Å². The van der Waals surface area contributed by atoms with E-state index in [9.17, 15) is 0 Å². The fourth-order valence-corrected chi connectivity index (χ4v) is 2.56. The van der Waals surface area contributed by atoms with Crippen molar-refractivity contribution in [2.75, 3.05) is 36.5 Å². The Kier molecular flexibility index (Phi) is 5.59. The van der Waals surface area contributed by atoms with Crippen molar-refractivity contribution in [2.45, 2.75) is 46.1 Å². The van der Waals surface area contributed by atoms with Crippen molar-refractivity contribution >= 4 is 11.6 Å². The van der Waals surface area contributed by atoms with E-state index in [4.69, 9.17) is 4.74 Å². The second-order valence-electron chi connectivity index (χ2n) is 5.33. The normalized spacial score (nSPS) is 19.1. The van der Waals surface area contributed by atoms with Gasteiger partial charge < -0.3 is 15.0 Å². The van der Waals surface area contributed by atoms with Crippen LogP contribution in [0, 0.1) is 0 Å². The van der Waals surface area contributed by atoms with Crippen molar-refractivity contribution in [1.29, 1.82) is 0 Å². The van der Waals surface area contributed by atoms with Gasteiger partial charge in [0, 0.05) is 25.2 Å². The molecule has 2 heterocycles. The maximum absolute atomic E-state index is 5.62. The molecule has 1 unspecified atom stereocenters. The summed E-state index contributed by atoms with van der Waals surface area (Å²) in [6.07, 6.45) is 5.14. The zero-order chi connectivity index (χ0) is 14.4. The fourth-order valence-electron chi connectivity index (χ4n) is 2.56. The van der Waals surface area contributed by atoms with Gasteiger partial charge in [-0.3, -0.25) is 0 Å². The molecule has 5 heteroatoms. The van der Waals surface area contributed by atoms with E-state index >= 15 is 0 Å². The van der Waals surface area contributed by atoms with Crippen LogP contribution in [0.25, 0.3) is 0 Å². The molecular weight excluding hydrogens is 252 g/mol. The molecule has 2 rings (SSSR count). The predicted molar refractivity (Wildman–Crippen MR) is 82.4 cm³/mol. The summed E-state index contributed by atoms with van der Waals surface area (Å²) in [6, 6.07) is 0. The zero-order valence-corrected chi connectivity index (χ0v) is 12.9. The number of morpholine rings is 1. The Balaban J connectivity index is 2.25. The molecule has 0 bridgehead atoms. The number of nitrogens with zero attached hydrogens (tertiary/aromatic N) is 3. The zero-order valence-electron chi connectivity index (χ0n) is 12.9. The van der Waals surface area contributed by atoms with Gasteiger partial charge in [0.2, 0.25) is 0 Å². The SMILES string of the molecule is CCCNc1ncnc(N2CCOC(C)C2)c1CCC. The summed E-state index contributed by atoms with van der Waals surface area (Å²) >= 11 is 0. The van der Waals surface area contributed by atoms with E-state index < -0.39 is 0 Å². The van der Waals surface area contributed by atoms with Crippen molar-refractivity contribution in [1.82, 2.24) is 9.97 Å². The van der Waals surface area contributed by atoms with E-state index in [-0.39, 0.29) is 6.10 Å². The lowest BCUT2D eigenvalue weighted by Crippen LogP contribution is -2.42. The summed E-state index contributed by atoms with van der Waals surface area (Å²) in [6.45, 7) is 10.0. The van der Waals surface area contributed by atoms with Gasteiger partial charge in [0.05, 0.1) is 12.7 Å². The predicted octanol–water partition coefficient (Wildman–Crippen LogP) is 2.48. The summed E-state index contributed by atoms with van der Waals surface area (Å²) in [5, 5.41) is 3.43. The number of hydrogen-bond donors (Lipinski definition) is 1. The van der Waals surface area contributed by atoms with E-state index in [2.05, 4.69) is 41.0 Å². The Hall–Kier alpha value is -1.36. The van der Waals surface area contributed by atoms with Crippen LogP contribution in [0.5, 0.6) is 0 Å². The highest BCUT2D eigenvalue weighted by atomic mass is 16.5. The van der Waals surface area contributed by atoms with Gasteiger partial charge in [0.1, 0.15) is 18.0 Å². The van der Waals surface area contributed by atoms with Crippen LogP contribution in [0.4, 0.5) is 11.6 Å². The molecular formula is C15H26N4O. The van der Waals surface area contributed by atoms with Crippen LogP contribution >= 0.6 is 0 Å². The molecule has 1 saturated heterocycles. The Morgan fingerprint density at radius 1 is 1.35 bits per heavy atom. The summed E-state index contributed by atoms with van der Waals surface area (Å²) in [4.78, 5) is 11.3. The van der Waals surface area contributed by atoms with Gasteiger partial charge in [0.15, 0.2) is 0 Å². The van der Waals surface area contributed by atoms with Crippen LogP contribution in [-0.4, -0.2) is 42.3 Å². The first-order valence-corrected chi connectivity index (χ1v) is 7.70. The molecule has 5 nitrogen and oxygen atoms in total. The fraction of sp³-hybridized carbons (Fsp3) is 0.733. The van der Waals surface area contributed by atoms with E-state index in [0.717, 1.165) is 57.1 Å². The molecule has 1 aromatic rings. The second kappa shape index (κ2) is 7.43. The quantitative estimate of drug-likeness (QED) is 0.866. The lowest BCUT2D eigenvalue weighted by atomic mass is 10.1. The smallest absolute Gasteiger partial charge is 0.137 e. The van der Waals surface area contributed by atoms with E-state index in [1.807, 2.05) is 0 Å². The minimum atomic E-state index is 0.264. The third-order valence-electron chi connectivity index (χ3n) is 3.51. The Morgan fingerprint density at radius 3 is 2.90 bits per heavy atom. The molecule has 1 fully saturated rings. The molecule has 0 spiro atoms. The molecule has 0 aliphatic carbocycles. The van der Waals surface area contributed by atoms with Gasteiger partial charge >= 0.3 is 0 Å². The molecule has 0 aromatic carbocycles. The minimum Gasteiger partial charge on any atom is -0.375 e. The molecule has 0 saturated carbocycles. The summed E-state index contributed by atoms with van der Waals surface area (Å²) < 4.78 is 5.62. The Labute approximate surface area is 121 Å². The van der Waals surface area contributed by atoms with Gasteiger partial charge in [-0.15, -0.1) is 0 Å². The Morgan fingerprint density at radius 2 is 2.20 bits per heavy atom. The molecule has 1 atom stereocenters. The number of anilines is 2. The third kappa shape index (κ3) is 3.60. The summed E-state index contributed by atoms with van der Waals surface area (Å²) in [7, 11) is 0. The standard InChI is InChI=1S/C15H26N4O/c1-4-6-13-14(16-7-5-2)17-11-18-15(13)19-8-9-20-12(3)10-19/h11-12H,4-10H2,1-3H3,(H,16,17,18). The minimum absolute atomic E-state index is 0.264. The van der Waals surface area contributed by atoms with Gasteiger partial charge in [-0.05, 0) is 19.8 Å². The average molecular weight is 278 g/mol. The molecule has 0 amide bonds. The number of aromatic nitrogens is 2. The van der Waals surface area contributed by atoms with Crippen LogP contribution in [0.1, 0.15) is 39.2 Å². The second-order valence-corrected chi connectivity index (χ2v) is 5.33. The van der Waals surface area contributed by atoms with Gasteiger partial charge in [-0.25, -0.2) is 9.97 Å². The van der Waals surface area contributed by atoms with Crippen LogP contribution in [0.3, 0.4) is 0 Å². The molecule has 20 heavy (non-hydrogen) atoms. The van der Waals surface area contributed by atoms with Gasteiger partial charge in [-0.1, -0.05) is 20.3 Å². The molecule has 0 radical (unpaired) electrons. The molecule has 112 valence electrons. The Bertz CT molecular complexity index is 424. The van der Waals surface area contributed by atoms with E-state index in [1.165, 1.54) is 5.56 Å². The van der Waals surface area contributed by atoms with E-state index in [1.54, 1.807) is 6.33 Å². The molecule has 1 aliphatic rings. The highest BCUT2D eigenvalue weighted by Gasteiger charge is 2.22. The first-order chi connectivity index (χ1) is 9.76. The van der Waals surface area contributed by atoms with Crippen molar-refractivity contribution in [2.24, 2.45) is 0 Å². The van der Waals surface area contributed by atoms with Crippen molar-refractivity contribution < 1.29 is 4.74 Å². The highest BCUT2D eigenvalue weighted by molar-refractivity contribution is 5.59. The summed E-state index contributed by atoms with van der Waals surface area (Å²) in [5.41, 5.74) is 1.25. The number of hydrogen-bond acceptors (Lipinski definition) is 5. The van der Waals surface area contributed by atoms with E-state index in [0.29, 0.717) is 0 Å². The van der Waals surface area contributed by atoms with Crippen LogP contribution < -0.4 is 10.2 Å². The largest absolute Gasteiger partial charge is 0.375 e. The average Bonchev–Trinajstić information content (AvgIpc) is 2.46. The molecule has 1 N–H and O–H groups in total. The molecule has 1 aliphatic heterocycles. The van der Waals surface area contributed by atoms with Crippen LogP contribution in [-0.2, 0) is 11.2 Å². The first-order valence-electron chi connectivity index (χ1n) is 7.70. The number of nitrogens with one attached hydrogen (secondary N) is 1. The van der Waals surface area contributed by atoms with Crippen molar-refractivity contribution in [3.8, 4) is 0 Å². The first kappa shape index (κ1) is 15.0.